The fraction of sp³-hybridized carbons (Fsp3) is 0.200. The van der Waals surface area contributed by atoms with Crippen LogP contribution in [-0.4, -0.2) is 10.1 Å². The van der Waals surface area contributed by atoms with Crippen molar-refractivity contribution in [2.24, 2.45) is 0 Å². The summed E-state index contributed by atoms with van der Waals surface area (Å²) in [4.78, 5) is 15.0. The smallest absolute Gasteiger partial charge is 0.220 e. The standard InChI is InChI=1S/C13H10FNO2.C2H6/c1-8-10(6-15-7-11(8)14)9-2-4-12(16)13(17)5-3-9;1-2/h2-7H,1H3,(H,16,17);1-2H3. The molecule has 0 saturated heterocycles. The summed E-state index contributed by atoms with van der Waals surface area (Å²) in [5.74, 6) is -0.737. The second kappa shape index (κ2) is 6.64. The molecule has 1 aromatic heterocycles. The van der Waals surface area contributed by atoms with Gasteiger partial charge in [0.05, 0.1) is 6.20 Å². The van der Waals surface area contributed by atoms with Gasteiger partial charge in [-0.1, -0.05) is 26.0 Å². The molecule has 0 spiro atoms. The Morgan fingerprint density at radius 2 is 1.74 bits per heavy atom. The predicted molar refractivity (Wildman–Crippen MR) is 73.7 cm³/mol. The highest BCUT2D eigenvalue weighted by Gasteiger charge is 2.06. The van der Waals surface area contributed by atoms with Crippen LogP contribution in [0.3, 0.4) is 0 Å². The number of aromatic hydroxyl groups is 1. The van der Waals surface area contributed by atoms with E-state index < -0.39 is 11.2 Å². The number of pyridine rings is 1. The quantitative estimate of drug-likeness (QED) is 0.857. The number of aromatic nitrogens is 1. The largest absolute Gasteiger partial charge is 0.504 e. The molecule has 100 valence electrons. The maximum Gasteiger partial charge on any atom is 0.220 e. The van der Waals surface area contributed by atoms with Crippen LogP contribution in [0.25, 0.3) is 11.1 Å². The van der Waals surface area contributed by atoms with Crippen molar-refractivity contribution in [1.29, 1.82) is 0 Å². The Hall–Kier alpha value is -2.23. The van der Waals surface area contributed by atoms with Crippen LogP contribution in [0.1, 0.15) is 19.4 Å². The lowest BCUT2D eigenvalue weighted by Crippen LogP contribution is -1.91. The van der Waals surface area contributed by atoms with Crippen LogP contribution in [0.2, 0.25) is 0 Å². The van der Waals surface area contributed by atoms with Gasteiger partial charge in [0.15, 0.2) is 5.75 Å². The SMILES string of the molecule is CC.Cc1c(F)cncc1-c1ccc(O)c(=O)cc1. The molecule has 0 aliphatic rings. The Labute approximate surface area is 111 Å². The lowest BCUT2D eigenvalue weighted by molar-refractivity contribution is 0.471. The van der Waals surface area contributed by atoms with Crippen molar-refractivity contribution in [2.45, 2.75) is 20.8 Å². The van der Waals surface area contributed by atoms with Crippen molar-refractivity contribution in [3.05, 3.63) is 58.3 Å². The fourth-order valence-corrected chi connectivity index (χ4v) is 1.53. The van der Waals surface area contributed by atoms with E-state index in [9.17, 15) is 14.3 Å². The summed E-state index contributed by atoms with van der Waals surface area (Å²) >= 11 is 0. The first kappa shape index (κ1) is 14.8. The second-order valence-corrected chi connectivity index (χ2v) is 3.67. The summed E-state index contributed by atoms with van der Waals surface area (Å²) in [6.45, 7) is 5.64. The third-order valence-corrected chi connectivity index (χ3v) is 2.55. The molecule has 0 atom stereocenters. The molecule has 2 rings (SSSR count). The minimum absolute atomic E-state index is 0.335. The molecule has 0 saturated carbocycles. The topological polar surface area (TPSA) is 50.2 Å². The summed E-state index contributed by atoms with van der Waals surface area (Å²) in [7, 11) is 0. The molecule has 19 heavy (non-hydrogen) atoms. The normalized spacial score (nSPS) is 9.47. The van der Waals surface area contributed by atoms with Crippen LogP contribution < -0.4 is 5.43 Å². The highest BCUT2D eigenvalue weighted by atomic mass is 19.1. The Bertz CT molecular complexity index is 627. The third-order valence-electron chi connectivity index (χ3n) is 2.55. The van der Waals surface area contributed by atoms with Crippen molar-refractivity contribution in [1.82, 2.24) is 4.98 Å². The Balaban J connectivity index is 0.000000861. The first-order valence-electron chi connectivity index (χ1n) is 6.03. The molecule has 0 bridgehead atoms. The van der Waals surface area contributed by atoms with E-state index in [1.165, 1.54) is 24.4 Å². The molecule has 0 amide bonds. The lowest BCUT2D eigenvalue weighted by Gasteiger charge is -2.03. The van der Waals surface area contributed by atoms with Crippen LogP contribution in [0.5, 0.6) is 5.75 Å². The van der Waals surface area contributed by atoms with E-state index in [4.69, 9.17) is 0 Å². The van der Waals surface area contributed by atoms with E-state index in [0.29, 0.717) is 16.7 Å². The van der Waals surface area contributed by atoms with Gasteiger partial charge < -0.3 is 5.11 Å². The Kier molecular flexibility index (Phi) is 5.18. The Morgan fingerprint density at radius 1 is 1.11 bits per heavy atom. The zero-order valence-electron chi connectivity index (χ0n) is 11.1. The van der Waals surface area contributed by atoms with Crippen LogP contribution >= 0.6 is 0 Å². The van der Waals surface area contributed by atoms with Gasteiger partial charge in [-0.3, -0.25) is 9.78 Å². The lowest BCUT2D eigenvalue weighted by atomic mass is 10.0. The average Bonchev–Trinajstić information content (AvgIpc) is 2.59. The summed E-state index contributed by atoms with van der Waals surface area (Å²) in [5.41, 5.74) is 1.21. The van der Waals surface area contributed by atoms with Gasteiger partial charge in [0.25, 0.3) is 0 Å². The van der Waals surface area contributed by atoms with Crippen LogP contribution in [0.4, 0.5) is 4.39 Å². The molecule has 0 unspecified atom stereocenters. The van der Waals surface area contributed by atoms with E-state index in [0.717, 1.165) is 6.20 Å². The monoisotopic (exact) mass is 261 g/mol. The zero-order valence-corrected chi connectivity index (χ0v) is 11.1. The summed E-state index contributed by atoms with van der Waals surface area (Å²) in [5, 5.41) is 9.27. The summed E-state index contributed by atoms with van der Waals surface area (Å²) in [6.07, 6.45) is 2.66. The fourth-order valence-electron chi connectivity index (χ4n) is 1.53. The number of rotatable bonds is 1. The molecular formula is C15H16FNO2. The van der Waals surface area contributed by atoms with Crippen molar-refractivity contribution in [2.75, 3.05) is 0 Å². The molecule has 0 aliphatic carbocycles. The molecule has 0 fully saturated rings. The molecule has 1 N–H and O–H groups in total. The van der Waals surface area contributed by atoms with Crippen molar-refractivity contribution in [3.63, 3.8) is 0 Å². The van der Waals surface area contributed by atoms with E-state index in [1.54, 1.807) is 13.0 Å². The van der Waals surface area contributed by atoms with Crippen LogP contribution in [0, 0.1) is 12.7 Å². The number of hydrogen-bond donors (Lipinski definition) is 1. The van der Waals surface area contributed by atoms with Crippen molar-refractivity contribution < 1.29 is 9.50 Å². The van der Waals surface area contributed by atoms with E-state index in [2.05, 4.69) is 4.98 Å². The van der Waals surface area contributed by atoms with Gasteiger partial charge >= 0.3 is 0 Å². The number of halogens is 1. The van der Waals surface area contributed by atoms with Crippen molar-refractivity contribution >= 4 is 0 Å². The zero-order chi connectivity index (χ0) is 14.4. The van der Waals surface area contributed by atoms with Gasteiger partial charge in [-0.2, -0.15) is 0 Å². The van der Waals surface area contributed by atoms with Gasteiger partial charge in [-0.25, -0.2) is 4.39 Å². The van der Waals surface area contributed by atoms with E-state index >= 15 is 0 Å². The molecular weight excluding hydrogens is 245 g/mol. The number of nitrogens with zero attached hydrogens (tertiary/aromatic N) is 1. The summed E-state index contributed by atoms with van der Waals surface area (Å²) < 4.78 is 13.3. The van der Waals surface area contributed by atoms with Crippen molar-refractivity contribution in [3.8, 4) is 16.9 Å². The Morgan fingerprint density at radius 3 is 2.42 bits per heavy atom. The van der Waals surface area contributed by atoms with Gasteiger partial charge in [0.2, 0.25) is 5.43 Å². The first-order valence-corrected chi connectivity index (χ1v) is 6.03. The molecule has 0 radical (unpaired) electrons. The van der Waals surface area contributed by atoms with Gasteiger partial charge in [-0.05, 0) is 30.2 Å². The van der Waals surface area contributed by atoms with E-state index in [-0.39, 0.29) is 5.75 Å². The van der Waals surface area contributed by atoms with E-state index in [1.807, 2.05) is 13.8 Å². The maximum absolute atomic E-state index is 13.3. The molecule has 0 aliphatic heterocycles. The maximum atomic E-state index is 13.3. The van der Waals surface area contributed by atoms with Gasteiger partial charge in [-0.15, -0.1) is 0 Å². The first-order chi connectivity index (χ1) is 9.09. The number of hydrogen-bond acceptors (Lipinski definition) is 3. The molecule has 2 aromatic rings. The van der Waals surface area contributed by atoms with Crippen LogP contribution in [-0.2, 0) is 0 Å². The molecule has 4 heteroatoms. The minimum atomic E-state index is -0.474. The second-order valence-electron chi connectivity index (χ2n) is 3.67. The van der Waals surface area contributed by atoms with Gasteiger partial charge in [0, 0.05) is 11.8 Å². The predicted octanol–water partition coefficient (Wildman–Crippen LogP) is 3.29. The average molecular weight is 261 g/mol. The molecule has 3 nitrogen and oxygen atoms in total. The summed E-state index contributed by atoms with van der Waals surface area (Å²) in [6, 6.07) is 5.63. The highest BCUT2D eigenvalue weighted by Crippen LogP contribution is 2.23. The van der Waals surface area contributed by atoms with Crippen LogP contribution in [0.15, 0.2) is 41.5 Å². The molecule has 1 heterocycles. The molecule has 1 aromatic carbocycles. The third kappa shape index (κ3) is 3.37. The van der Waals surface area contributed by atoms with Gasteiger partial charge in [0.1, 0.15) is 5.82 Å². The minimum Gasteiger partial charge on any atom is -0.504 e. The highest BCUT2D eigenvalue weighted by molar-refractivity contribution is 5.66.